The second kappa shape index (κ2) is 7.40. The number of likely N-dealkylation sites (tertiary alicyclic amines) is 1. The zero-order valence-electron chi connectivity index (χ0n) is 17.7. The maximum Gasteiger partial charge on any atom is 0.235 e. The SMILES string of the molecule is CN1CCC[C@H]1C1=CN(C(=O)C(C)(C)C)C=C[C@@H]1[Si](C)(C)c1ccccc1. The van der Waals surface area contributed by atoms with Crippen LogP contribution in [0.15, 0.2) is 54.4 Å². The normalized spacial score (nSPS) is 24.2. The fourth-order valence-corrected chi connectivity index (χ4v) is 7.49. The van der Waals surface area contributed by atoms with Crippen LogP contribution in [0.3, 0.4) is 0 Å². The van der Waals surface area contributed by atoms with E-state index < -0.39 is 8.07 Å². The van der Waals surface area contributed by atoms with Crippen molar-refractivity contribution in [3.63, 3.8) is 0 Å². The van der Waals surface area contributed by atoms with Crippen molar-refractivity contribution in [3.8, 4) is 0 Å². The number of nitrogens with zero attached hydrogens (tertiary/aromatic N) is 2. The molecule has 1 fully saturated rings. The molecule has 0 saturated carbocycles. The molecule has 2 aliphatic rings. The first-order valence-electron chi connectivity index (χ1n) is 10.1. The van der Waals surface area contributed by atoms with E-state index in [1.54, 1.807) is 0 Å². The molecule has 4 heteroatoms. The molecule has 0 aromatic heterocycles. The number of allylic oxidation sites excluding steroid dienone is 1. The van der Waals surface area contributed by atoms with Gasteiger partial charge >= 0.3 is 0 Å². The number of benzene rings is 1. The van der Waals surface area contributed by atoms with Gasteiger partial charge in [0.15, 0.2) is 0 Å². The third-order valence-electron chi connectivity index (χ3n) is 6.16. The Labute approximate surface area is 165 Å². The molecule has 0 aliphatic carbocycles. The van der Waals surface area contributed by atoms with Gasteiger partial charge in [-0.3, -0.25) is 14.6 Å². The smallest absolute Gasteiger partial charge is 0.235 e. The molecule has 3 rings (SSSR count). The summed E-state index contributed by atoms with van der Waals surface area (Å²) in [4.78, 5) is 17.2. The first-order valence-corrected chi connectivity index (χ1v) is 13.2. The summed E-state index contributed by atoms with van der Waals surface area (Å²) in [5.41, 5.74) is 1.46. The van der Waals surface area contributed by atoms with Crippen LogP contribution < -0.4 is 5.19 Å². The number of hydrogen-bond donors (Lipinski definition) is 0. The molecule has 27 heavy (non-hydrogen) atoms. The predicted molar refractivity (Wildman–Crippen MR) is 116 cm³/mol. The Hall–Kier alpha value is -1.65. The van der Waals surface area contributed by atoms with Crippen molar-refractivity contribution in [3.05, 3.63) is 54.4 Å². The minimum absolute atomic E-state index is 0.162. The average Bonchev–Trinajstić information content (AvgIpc) is 3.06. The van der Waals surface area contributed by atoms with E-state index in [4.69, 9.17) is 0 Å². The van der Waals surface area contributed by atoms with Gasteiger partial charge < -0.3 is 0 Å². The molecule has 1 amide bonds. The van der Waals surface area contributed by atoms with Crippen LogP contribution in [-0.4, -0.2) is 43.4 Å². The number of carbonyl (C=O) groups is 1. The summed E-state index contributed by atoms with van der Waals surface area (Å²) < 4.78 is 0. The number of amides is 1. The molecule has 0 bridgehead atoms. The second-order valence-electron chi connectivity index (χ2n) is 9.64. The Bertz CT molecular complexity index is 745. The molecule has 2 atom stereocenters. The molecule has 0 N–H and O–H groups in total. The number of carbonyl (C=O) groups excluding carboxylic acids is 1. The van der Waals surface area contributed by atoms with E-state index in [-0.39, 0.29) is 11.3 Å². The Morgan fingerprint density at radius 3 is 2.37 bits per heavy atom. The lowest BCUT2D eigenvalue weighted by molar-refractivity contribution is -0.134. The van der Waals surface area contributed by atoms with E-state index in [2.05, 4.69) is 67.6 Å². The third kappa shape index (κ3) is 3.97. The summed E-state index contributed by atoms with van der Waals surface area (Å²) in [6, 6.07) is 11.4. The Kier molecular flexibility index (Phi) is 5.51. The highest BCUT2D eigenvalue weighted by atomic mass is 28.3. The van der Waals surface area contributed by atoms with E-state index in [0.717, 1.165) is 6.54 Å². The van der Waals surface area contributed by atoms with Gasteiger partial charge in [-0.25, -0.2) is 0 Å². The van der Waals surface area contributed by atoms with Crippen LogP contribution in [0.5, 0.6) is 0 Å². The van der Waals surface area contributed by atoms with E-state index in [9.17, 15) is 4.79 Å². The molecule has 1 aromatic carbocycles. The fraction of sp³-hybridized carbons (Fsp3) is 0.522. The highest BCUT2D eigenvalue weighted by molar-refractivity contribution is 6.91. The molecular weight excluding hydrogens is 348 g/mol. The zero-order valence-corrected chi connectivity index (χ0v) is 18.7. The zero-order chi connectivity index (χ0) is 19.8. The molecule has 1 aromatic rings. The van der Waals surface area contributed by atoms with Crippen LogP contribution in [0.2, 0.25) is 18.6 Å². The molecule has 2 aliphatic heterocycles. The van der Waals surface area contributed by atoms with Crippen LogP contribution in [0, 0.1) is 5.41 Å². The van der Waals surface area contributed by atoms with Crippen molar-refractivity contribution in [2.45, 2.75) is 58.3 Å². The monoisotopic (exact) mass is 382 g/mol. The topological polar surface area (TPSA) is 23.6 Å². The van der Waals surface area contributed by atoms with Gasteiger partial charge in [0.25, 0.3) is 0 Å². The maximum absolute atomic E-state index is 12.9. The minimum atomic E-state index is -1.77. The number of rotatable bonds is 3. The lowest BCUT2D eigenvalue weighted by atomic mass is 9.93. The van der Waals surface area contributed by atoms with Gasteiger partial charge in [-0.2, -0.15) is 0 Å². The Balaban J connectivity index is 2.01. The summed E-state index contributed by atoms with van der Waals surface area (Å²) in [6.07, 6.45) is 8.92. The first-order chi connectivity index (χ1) is 12.6. The van der Waals surface area contributed by atoms with Gasteiger partial charge in [-0.05, 0) is 32.0 Å². The summed E-state index contributed by atoms with van der Waals surface area (Å²) in [7, 11) is 0.454. The van der Waals surface area contributed by atoms with Crippen molar-refractivity contribution in [2.24, 2.45) is 5.41 Å². The summed E-state index contributed by atoms with van der Waals surface area (Å²) in [5.74, 6) is 0.162. The van der Waals surface area contributed by atoms with Crippen LogP contribution in [0.4, 0.5) is 0 Å². The lowest BCUT2D eigenvalue weighted by Gasteiger charge is -2.40. The van der Waals surface area contributed by atoms with Crippen LogP contribution in [0.25, 0.3) is 0 Å². The van der Waals surface area contributed by atoms with Crippen LogP contribution in [-0.2, 0) is 4.79 Å². The van der Waals surface area contributed by atoms with Crippen LogP contribution in [0.1, 0.15) is 33.6 Å². The summed E-state index contributed by atoms with van der Waals surface area (Å²) in [5, 5.41) is 1.47. The van der Waals surface area contributed by atoms with Crippen molar-refractivity contribution < 1.29 is 4.79 Å². The standard InChI is InChI=1S/C23H34N2OSi/c1-23(2,3)22(26)25-16-14-21(19(17-25)20-13-10-15-24(20)4)27(5,6)18-11-8-7-9-12-18/h7-9,11-12,14,16-17,20-21H,10,13,15H2,1-6H3/t20-,21-/m0/s1. The molecule has 0 radical (unpaired) electrons. The highest BCUT2D eigenvalue weighted by Gasteiger charge is 2.41. The van der Waals surface area contributed by atoms with Gasteiger partial charge in [0.2, 0.25) is 5.91 Å². The van der Waals surface area contributed by atoms with E-state index >= 15 is 0 Å². The fourth-order valence-electron chi connectivity index (χ4n) is 4.42. The van der Waals surface area contributed by atoms with E-state index in [1.165, 1.54) is 23.6 Å². The lowest BCUT2D eigenvalue weighted by Crippen LogP contribution is -2.49. The van der Waals surface area contributed by atoms with Gasteiger partial charge in [-0.15, -0.1) is 0 Å². The predicted octanol–water partition coefficient (Wildman–Crippen LogP) is 4.35. The Morgan fingerprint density at radius 2 is 1.81 bits per heavy atom. The van der Waals surface area contributed by atoms with E-state index in [0.29, 0.717) is 11.6 Å². The van der Waals surface area contributed by atoms with Crippen molar-refractivity contribution in [1.82, 2.24) is 9.80 Å². The van der Waals surface area contributed by atoms with Crippen molar-refractivity contribution >= 4 is 19.2 Å². The van der Waals surface area contributed by atoms with Crippen molar-refractivity contribution in [2.75, 3.05) is 13.6 Å². The Morgan fingerprint density at radius 1 is 1.15 bits per heavy atom. The molecule has 3 nitrogen and oxygen atoms in total. The van der Waals surface area contributed by atoms with Gasteiger partial charge in [-0.1, -0.05) is 75.5 Å². The number of hydrogen-bond acceptors (Lipinski definition) is 2. The minimum Gasteiger partial charge on any atom is -0.300 e. The van der Waals surface area contributed by atoms with Crippen molar-refractivity contribution in [1.29, 1.82) is 0 Å². The van der Waals surface area contributed by atoms with Gasteiger partial charge in [0, 0.05) is 29.4 Å². The van der Waals surface area contributed by atoms with Gasteiger partial charge in [0.05, 0.1) is 8.07 Å². The highest BCUT2D eigenvalue weighted by Crippen LogP contribution is 2.40. The van der Waals surface area contributed by atoms with Crippen LogP contribution >= 0.6 is 0 Å². The maximum atomic E-state index is 12.9. The summed E-state index contributed by atoms with van der Waals surface area (Å²) in [6.45, 7) is 12.0. The largest absolute Gasteiger partial charge is 0.300 e. The molecule has 146 valence electrons. The van der Waals surface area contributed by atoms with Gasteiger partial charge in [0.1, 0.15) is 0 Å². The molecule has 0 unspecified atom stereocenters. The quantitative estimate of drug-likeness (QED) is 0.726. The first kappa shape index (κ1) is 20.1. The molecule has 0 spiro atoms. The van der Waals surface area contributed by atoms with E-state index in [1.807, 2.05) is 31.9 Å². The molecule has 1 saturated heterocycles. The molecule has 2 heterocycles. The summed E-state index contributed by atoms with van der Waals surface area (Å²) >= 11 is 0. The number of likely N-dealkylation sites (N-methyl/N-ethyl adjacent to an activating group) is 1. The molecular formula is C23H34N2OSi. The average molecular weight is 383 g/mol. The second-order valence-corrected chi connectivity index (χ2v) is 14.3. The third-order valence-corrected chi connectivity index (χ3v) is 10.1.